The zero-order valence-corrected chi connectivity index (χ0v) is 21.2. The molecule has 0 spiro atoms. The van der Waals surface area contributed by atoms with E-state index in [1.807, 2.05) is 37.3 Å². The second kappa shape index (κ2) is 11.3. The molecule has 6 nitrogen and oxygen atoms in total. The van der Waals surface area contributed by atoms with Gasteiger partial charge in [0.2, 0.25) is 11.8 Å². The van der Waals surface area contributed by atoms with Crippen molar-refractivity contribution >= 4 is 17.6 Å². The summed E-state index contributed by atoms with van der Waals surface area (Å²) < 4.78 is 15.1. The van der Waals surface area contributed by atoms with Crippen molar-refractivity contribution in [2.75, 3.05) is 18.4 Å². The molecule has 1 unspecified atom stereocenters. The number of halogens is 1. The lowest BCUT2D eigenvalue weighted by molar-refractivity contribution is -0.135. The van der Waals surface area contributed by atoms with Crippen molar-refractivity contribution < 1.29 is 14.0 Å². The Bertz CT molecular complexity index is 1130. The van der Waals surface area contributed by atoms with Gasteiger partial charge in [0.1, 0.15) is 11.6 Å². The third-order valence-corrected chi connectivity index (χ3v) is 5.67. The molecule has 3 aromatic rings. The monoisotopic (exact) mass is 478 g/mol. The van der Waals surface area contributed by atoms with Gasteiger partial charge in [-0.15, -0.1) is 0 Å². The average molecular weight is 479 g/mol. The number of nitrogens with one attached hydrogen (secondary N) is 1. The molecule has 186 valence electrons. The maximum Gasteiger partial charge on any atom is 0.245 e. The van der Waals surface area contributed by atoms with Crippen molar-refractivity contribution in [3.63, 3.8) is 0 Å². The van der Waals surface area contributed by atoms with Gasteiger partial charge < -0.3 is 10.2 Å². The van der Waals surface area contributed by atoms with E-state index in [1.165, 1.54) is 12.1 Å². The number of hydrogen-bond donors (Lipinski definition) is 1. The fraction of sp³-hybridized carbons (Fsp3) is 0.393. The minimum absolute atomic E-state index is 0.0311. The van der Waals surface area contributed by atoms with Gasteiger partial charge in [-0.1, -0.05) is 58.0 Å². The summed E-state index contributed by atoms with van der Waals surface area (Å²) in [4.78, 5) is 27.4. The lowest BCUT2D eigenvalue weighted by Crippen LogP contribution is -2.38. The maximum atomic E-state index is 13.5. The van der Waals surface area contributed by atoms with Crippen molar-refractivity contribution in [2.45, 2.75) is 47.5 Å². The van der Waals surface area contributed by atoms with Crippen molar-refractivity contribution in [2.24, 2.45) is 11.3 Å². The standard InChI is InChI=1S/C28H35FN4O2/c1-6-32(27(35)16-20(2)18-28(3,4)5)19-26(34)30-25-17-24(21-10-8-7-9-11-21)31-33(25)23-14-12-22(29)13-15-23/h7-15,17,20H,6,16,18-19H2,1-5H3,(H,30,34). The fourth-order valence-electron chi connectivity index (χ4n) is 4.28. The molecular weight excluding hydrogens is 443 g/mol. The van der Waals surface area contributed by atoms with Gasteiger partial charge in [0.05, 0.1) is 17.9 Å². The summed E-state index contributed by atoms with van der Waals surface area (Å²) in [6.07, 6.45) is 1.34. The number of carbonyl (C=O) groups excluding carboxylic acids is 2. The van der Waals surface area contributed by atoms with E-state index in [2.05, 4.69) is 38.1 Å². The third-order valence-electron chi connectivity index (χ3n) is 5.67. The molecule has 35 heavy (non-hydrogen) atoms. The molecule has 0 saturated carbocycles. The van der Waals surface area contributed by atoms with Crippen molar-refractivity contribution in [3.05, 3.63) is 66.5 Å². The van der Waals surface area contributed by atoms with Crippen LogP contribution < -0.4 is 5.32 Å². The van der Waals surface area contributed by atoms with E-state index in [9.17, 15) is 14.0 Å². The normalized spacial score (nSPS) is 12.3. The highest BCUT2D eigenvalue weighted by Crippen LogP contribution is 2.27. The summed E-state index contributed by atoms with van der Waals surface area (Å²) >= 11 is 0. The maximum absolute atomic E-state index is 13.5. The summed E-state index contributed by atoms with van der Waals surface area (Å²) in [6.45, 7) is 10.8. The predicted octanol–water partition coefficient (Wildman–Crippen LogP) is 5.93. The molecule has 0 aliphatic rings. The Morgan fingerprint density at radius 3 is 2.34 bits per heavy atom. The molecule has 1 heterocycles. The number of amides is 2. The van der Waals surface area contributed by atoms with Gasteiger partial charge in [0.25, 0.3) is 0 Å². The topological polar surface area (TPSA) is 67.2 Å². The first-order valence-electron chi connectivity index (χ1n) is 12.0. The molecule has 1 atom stereocenters. The highest BCUT2D eigenvalue weighted by molar-refractivity contribution is 5.94. The number of anilines is 1. The SMILES string of the molecule is CCN(CC(=O)Nc1cc(-c2ccccc2)nn1-c1ccc(F)cc1)C(=O)CC(C)CC(C)(C)C. The van der Waals surface area contributed by atoms with Gasteiger partial charge in [-0.2, -0.15) is 5.10 Å². The molecule has 0 aliphatic carbocycles. The van der Waals surface area contributed by atoms with Crippen LogP contribution in [0.3, 0.4) is 0 Å². The van der Waals surface area contributed by atoms with E-state index in [0.717, 1.165) is 12.0 Å². The average Bonchev–Trinajstić information content (AvgIpc) is 3.20. The number of aromatic nitrogens is 2. The van der Waals surface area contributed by atoms with E-state index in [-0.39, 0.29) is 35.5 Å². The summed E-state index contributed by atoms with van der Waals surface area (Å²) in [6, 6.07) is 17.3. The van der Waals surface area contributed by atoms with Crippen LogP contribution in [0.2, 0.25) is 0 Å². The highest BCUT2D eigenvalue weighted by Gasteiger charge is 2.22. The Hall–Kier alpha value is -3.48. The minimum Gasteiger partial charge on any atom is -0.334 e. The molecule has 0 fully saturated rings. The Balaban J connectivity index is 1.77. The number of rotatable bonds is 9. The van der Waals surface area contributed by atoms with Crippen LogP contribution in [0, 0.1) is 17.2 Å². The molecule has 2 aromatic carbocycles. The first-order chi connectivity index (χ1) is 16.6. The van der Waals surface area contributed by atoms with E-state index in [0.29, 0.717) is 30.2 Å². The summed E-state index contributed by atoms with van der Waals surface area (Å²) in [5.74, 6) is -0.0199. The molecule has 1 aromatic heterocycles. The van der Waals surface area contributed by atoms with Crippen LogP contribution in [-0.2, 0) is 9.59 Å². The fourth-order valence-corrected chi connectivity index (χ4v) is 4.28. The lowest BCUT2D eigenvalue weighted by Gasteiger charge is -2.26. The van der Waals surface area contributed by atoms with Gasteiger partial charge in [-0.3, -0.25) is 9.59 Å². The van der Waals surface area contributed by atoms with Crippen LogP contribution in [0.4, 0.5) is 10.2 Å². The van der Waals surface area contributed by atoms with Crippen LogP contribution in [-0.4, -0.2) is 39.6 Å². The lowest BCUT2D eigenvalue weighted by atomic mass is 9.84. The van der Waals surface area contributed by atoms with E-state index in [1.54, 1.807) is 27.8 Å². The van der Waals surface area contributed by atoms with Gasteiger partial charge in [0.15, 0.2) is 0 Å². The zero-order valence-electron chi connectivity index (χ0n) is 21.2. The minimum atomic E-state index is -0.354. The summed E-state index contributed by atoms with van der Waals surface area (Å²) in [7, 11) is 0. The molecule has 0 radical (unpaired) electrons. The third kappa shape index (κ3) is 7.50. The smallest absolute Gasteiger partial charge is 0.245 e. The largest absolute Gasteiger partial charge is 0.334 e. The van der Waals surface area contributed by atoms with Crippen LogP contribution in [0.15, 0.2) is 60.7 Å². The van der Waals surface area contributed by atoms with Crippen LogP contribution in [0.25, 0.3) is 16.9 Å². The highest BCUT2D eigenvalue weighted by atomic mass is 19.1. The van der Waals surface area contributed by atoms with Gasteiger partial charge >= 0.3 is 0 Å². The number of nitrogens with zero attached hydrogens (tertiary/aromatic N) is 3. The number of benzene rings is 2. The molecule has 0 aliphatic heterocycles. The molecule has 0 saturated heterocycles. The second-order valence-electron chi connectivity index (χ2n) is 10.2. The number of carbonyl (C=O) groups is 2. The van der Waals surface area contributed by atoms with Gasteiger partial charge in [0, 0.05) is 24.6 Å². The molecule has 0 bridgehead atoms. The van der Waals surface area contributed by atoms with E-state index >= 15 is 0 Å². The molecule has 3 rings (SSSR count). The first-order valence-corrected chi connectivity index (χ1v) is 12.0. The van der Waals surface area contributed by atoms with E-state index < -0.39 is 0 Å². The Morgan fingerprint density at radius 2 is 1.74 bits per heavy atom. The van der Waals surface area contributed by atoms with Gasteiger partial charge in [-0.25, -0.2) is 9.07 Å². The first kappa shape index (κ1) is 26.1. The van der Waals surface area contributed by atoms with Crippen molar-refractivity contribution in [1.29, 1.82) is 0 Å². The Labute approximate surface area is 207 Å². The zero-order chi connectivity index (χ0) is 25.6. The molecule has 2 amide bonds. The second-order valence-corrected chi connectivity index (χ2v) is 10.2. The Morgan fingerprint density at radius 1 is 1.09 bits per heavy atom. The quantitative estimate of drug-likeness (QED) is 0.415. The van der Waals surface area contributed by atoms with Crippen LogP contribution in [0.5, 0.6) is 0 Å². The van der Waals surface area contributed by atoms with Gasteiger partial charge in [-0.05, 0) is 48.9 Å². The van der Waals surface area contributed by atoms with Crippen molar-refractivity contribution in [1.82, 2.24) is 14.7 Å². The van der Waals surface area contributed by atoms with Crippen LogP contribution >= 0.6 is 0 Å². The molecule has 7 heteroatoms. The predicted molar refractivity (Wildman–Crippen MR) is 138 cm³/mol. The van der Waals surface area contributed by atoms with Crippen molar-refractivity contribution in [3.8, 4) is 16.9 Å². The molecule has 1 N–H and O–H groups in total. The summed E-state index contributed by atoms with van der Waals surface area (Å²) in [5.41, 5.74) is 2.32. The summed E-state index contributed by atoms with van der Waals surface area (Å²) in [5, 5.41) is 7.54. The number of hydrogen-bond acceptors (Lipinski definition) is 3. The Kier molecular flexibility index (Phi) is 8.43. The molecular formula is C28H35FN4O2. The van der Waals surface area contributed by atoms with E-state index in [4.69, 9.17) is 0 Å². The van der Waals surface area contributed by atoms with Crippen LogP contribution in [0.1, 0.15) is 47.5 Å². The number of likely N-dealkylation sites (N-methyl/N-ethyl adjacent to an activating group) is 1.